The van der Waals surface area contributed by atoms with Gasteiger partial charge in [-0.05, 0) is 0 Å². The summed E-state index contributed by atoms with van der Waals surface area (Å²) in [7, 11) is -9.28. The summed E-state index contributed by atoms with van der Waals surface area (Å²) in [5.74, 6) is 0. The molecule has 6 N–H and O–H groups in total. The minimum absolute atomic E-state index is 0. The molecule has 0 bridgehead atoms. The van der Waals surface area contributed by atoms with Crippen molar-refractivity contribution >= 4 is 15.6 Å². The van der Waals surface area contributed by atoms with E-state index in [2.05, 4.69) is 0 Å². The molecule has 0 aromatic rings. The Hall–Kier alpha value is 1.78. The van der Waals surface area contributed by atoms with Crippen molar-refractivity contribution in [1.82, 2.24) is 0 Å². The molecule has 0 rings (SSSR count). The molecule has 0 fully saturated rings. The van der Waals surface area contributed by atoms with E-state index in [9.17, 15) is 0 Å². The number of phosphoric acid groups is 2. The zero-order chi connectivity index (χ0) is 9.00. The van der Waals surface area contributed by atoms with Crippen LogP contribution in [0.25, 0.3) is 0 Å². The fourth-order valence-corrected chi connectivity index (χ4v) is 0. The molecule has 0 unspecified atom stereocenters. The van der Waals surface area contributed by atoms with E-state index in [0.717, 1.165) is 0 Å². The fourth-order valence-electron chi connectivity index (χ4n) is 0. The largest absolute Gasteiger partial charge is 0.466 e. The minimum atomic E-state index is -4.64. The predicted molar refractivity (Wildman–Crippen MR) is 28.5 cm³/mol. The monoisotopic (exact) mass is 361 g/mol. The van der Waals surface area contributed by atoms with Crippen LogP contribution < -0.4 is 0 Å². The number of rotatable bonds is 0. The van der Waals surface area contributed by atoms with E-state index in [0.29, 0.717) is 0 Å². The zero-order valence-corrected chi connectivity index (χ0v) is 10.9. The van der Waals surface area contributed by atoms with Gasteiger partial charge in [-0.1, -0.05) is 0 Å². The van der Waals surface area contributed by atoms with E-state index in [-0.39, 0.29) is 51.2 Å². The van der Waals surface area contributed by atoms with Crippen molar-refractivity contribution in [2.75, 3.05) is 0 Å². The number of hydrogen-bond donors (Lipinski definition) is 6. The van der Waals surface area contributed by atoms with Crippen molar-refractivity contribution in [3.05, 3.63) is 0 Å². The maximum atomic E-state index is 8.88. The van der Waals surface area contributed by atoms with E-state index in [1.54, 1.807) is 0 Å². The summed E-state index contributed by atoms with van der Waals surface area (Å²) in [6.07, 6.45) is 0. The van der Waals surface area contributed by atoms with Crippen molar-refractivity contribution in [3.63, 3.8) is 0 Å². The molecule has 13 heavy (non-hydrogen) atoms. The molecule has 85 valence electrons. The first kappa shape index (κ1) is 29.3. The van der Waals surface area contributed by atoms with Gasteiger partial charge in [0.1, 0.15) is 0 Å². The van der Waals surface area contributed by atoms with Crippen LogP contribution >= 0.6 is 15.6 Å². The first-order valence-corrected chi connectivity index (χ1v) is 4.70. The van der Waals surface area contributed by atoms with Crippen LogP contribution in [0.2, 0.25) is 0 Å². The molecule has 0 aromatic heterocycles. The Morgan fingerprint density at radius 2 is 0.538 bits per heavy atom. The molecular formula is H6Mn3O8P2. The fraction of sp³-hybridized carbons (Fsp3) is 0. The second kappa shape index (κ2) is 11.9. The summed E-state index contributed by atoms with van der Waals surface area (Å²) in [5.41, 5.74) is 0. The molecule has 0 aromatic carbocycles. The number of hydrogen-bond acceptors (Lipinski definition) is 2. The predicted octanol–water partition coefficient (Wildman–Crippen LogP) is -1.86. The molecule has 0 spiro atoms. The van der Waals surface area contributed by atoms with Crippen LogP contribution in [0.3, 0.4) is 0 Å². The Morgan fingerprint density at radius 3 is 0.538 bits per heavy atom. The summed E-state index contributed by atoms with van der Waals surface area (Å²) in [6.45, 7) is 0. The van der Waals surface area contributed by atoms with Gasteiger partial charge in [0, 0.05) is 51.2 Å². The first-order valence-electron chi connectivity index (χ1n) is 1.57. The van der Waals surface area contributed by atoms with E-state index in [1.807, 2.05) is 0 Å². The molecule has 0 aliphatic carbocycles. The Kier molecular flexibility index (Phi) is 26.7. The smallest absolute Gasteiger partial charge is 0.303 e. The van der Waals surface area contributed by atoms with E-state index in [4.69, 9.17) is 38.5 Å². The van der Waals surface area contributed by atoms with Gasteiger partial charge >= 0.3 is 15.6 Å². The Labute approximate surface area is 105 Å². The first-order chi connectivity index (χ1) is 4.00. The molecule has 0 aliphatic rings. The van der Waals surface area contributed by atoms with Gasteiger partial charge in [0.15, 0.2) is 0 Å². The molecule has 8 nitrogen and oxygen atoms in total. The molecule has 0 heterocycles. The van der Waals surface area contributed by atoms with Gasteiger partial charge in [-0.15, -0.1) is 0 Å². The average Bonchev–Trinajstić information content (AvgIpc) is 1.12. The molecule has 13 heteroatoms. The van der Waals surface area contributed by atoms with Gasteiger partial charge in [-0.2, -0.15) is 0 Å². The SMILES string of the molecule is O=P(O)(O)O.O=P(O)(O)O.[Mn].[Mn].[Mn]. The van der Waals surface area contributed by atoms with Crippen LogP contribution in [-0.4, -0.2) is 29.4 Å². The van der Waals surface area contributed by atoms with Crippen molar-refractivity contribution < 1.29 is 89.7 Å². The summed E-state index contributed by atoms with van der Waals surface area (Å²) in [4.78, 5) is 43.1. The molecule has 0 saturated heterocycles. The van der Waals surface area contributed by atoms with Gasteiger partial charge in [0.05, 0.1) is 0 Å². The maximum absolute atomic E-state index is 8.88. The van der Waals surface area contributed by atoms with Crippen molar-refractivity contribution in [2.24, 2.45) is 0 Å². The van der Waals surface area contributed by atoms with E-state index >= 15 is 0 Å². The third-order valence-electron chi connectivity index (χ3n) is 0. The molecule has 3 radical (unpaired) electrons. The normalized spacial score (nSPS) is 9.08. The van der Waals surface area contributed by atoms with Gasteiger partial charge in [0.25, 0.3) is 0 Å². The zero-order valence-electron chi connectivity index (χ0n) is 5.53. The molecule has 0 saturated carbocycles. The van der Waals surface area contributed by atoms with E-state index < -0.39 is 15.6 Å². The summed E-state index contributed by atoms with van der Waals surface area (Å²) in [6, 6.07) is 0. The minimum Gasteiger partial charge on any atom is -0.303 e. The van der Waals surface area contributed by atoms with Crippen molar-refractivity contribution in [1.29, 1.82) is 0 Å². The van der Waals surface area contributed by atoms with Crippen LogP contribution in [0.1, 0.15) is 0 Å². The quantitative estimate of drug-likeness (QED) is 0.217. The van der Waals surface area contributed by atoms with Gasteiger partial charge in [-0.25, -0.2) is 9.13 Å². The molecular weight excluding hydrogens is 355 g/mol. The standard InChI is InChI=1S/3Mn.2H3O4P/c;;;2*1-5(2,3)4/h;;;2*(H3,1,2,3,4). The Bertz CT molecular complexity index is 130. The maximum Gasteiger partial charge on any atom is 0.466 e. The molecule has 0 amide bonds. The van der Waals surface area contributed by atoms with Gasteiger partial charge in [-0.3, -0.25) is 0 Å². The third-order valence-corrected chi connectivity index (χ3v) is 0. The summed E-state index contributed by atoms with van der Waals surface area (Å²) < 4.78 is 17.8. The average molecular weight is 361 g/mol. The summed E-state index contributed by atoms with van der Waals surface area (Å²) >= 11 is 0. The van der Waals surface area contributed by atoms with Crippen LogP contribution in [0.15, 0.2) is 0 Å². The van der Waals surface area contributed by atoms with Crippen LogP contribution in [0.5, 0.6) is 0 Å². The topological polar surface area (TPSA) is 156 Å². The van der Waals surface area contributed by atoms with Crippen molar-refractivity contribution in [2.45, 2.75) is 0 Å². The summed E-state index contributed by atoms with van der Waals surface area (Å²) in [5, 5.41) is 0. The Balaban J connectivity index is -0.0000000267. The van der Waals surface area contributed by atoms with Gasteiger partial charge in [0.2, 0.25) is 0 Å². The van der Waals surface area contributed by atoms with Gasteiger partial charge < -0.3 is 29.4 Å². The van der Waals surface area contributed by atoms with Crippen LogP contribution in [0, 0.1) is 0 Å². The van der Waals surface area contributed by atoms with Crippen LogP contribution in [-0.2, 0) is 60.3 Å². The van der Waals surface area contributed by atoms with Crippen LogP contribution in [0.4, 0.5) is 0 Å². The van der Waals surface area contributed by atoms with E-state index in [1.165, 1.54) is 0 Å². The second-order valence-corrected chi connectivity index (χ2v) is 3.08. The molecule has 0 aliphatic heterocycles. The second-order valence-electron chi connectivity index (χ2n) is 1.03. The van der Waals surface area contributed by atoms with Crippen molar-refractivity contribution in [3.8, 4) is 0 Å². The third kappa shape index (κ3) is 604. The Morgan fingerprint density at radius 1 is 0.538 bits per heavy atom. The molecule has 0 atom stereocenters.